The first kappa shape index (κ1) is 21.5. The fourth-order valence-electron chi connectivity index (χ4n) is 3.21. The summed E-state index contributed by atoms with van der Waals surface area (Å²) in [5.74, 6) is 1.52. The molecule has 1 aromatic rings. The maximum Gasteiger partial charge on any atom is 0.129 e. The summed E-state index contributed by atoms with van der Waals surface area (Å²) < 4.78 is 27.2. The Morgan fingerprint density at radius 2 is 2.18 bits per heavy atom. The van der Waals surface area contributed by atoms with Crippen LogP contribution >= 0.6 is 0 Å². The van der Waals surface area contributed by atoms with Crippen molar-refractivity contribution in [1.29, 1.82) is 0 Å². The van der Waals surface area contributed by atoms with Crippen LogP contribution in [0.2, 0.25) is 0 Å². The van der Waals surface area contributed by atoms with Gasteiger partial charge >= 0.3 is 0 Å². The van der Waals surface area contributed by atoms with Crippen molar-refractivity contribution >= 4 is 6.72 Å². The molecule has 0 radical (unpaired) electrons. The summed E-state index contributed by atoms with van der Waals surface area (Å²) in [5, 5.41) is 13.1. The summed E-state index contributed by atoms with van der Waals surface area (Å²) in [5.41, 5.74) is 1.72. The van der Waals surface area contributed by atoms with E-state index in [-0.39, 0.29) is 29.7 Å². The van der Waals surface area contributed by atoms with Gasteiger partial charge in [-0.25, -0.2) is 8.78 Å². The number of terminal acetylenes is 1. The topological polar surface area (TPSA) is 47.9 Å². The monoisotopic (exact) mass is 385 g/mol. The fourth-order valence-corrected chi connectivity index (χ4v) is 3.21. The highest BCUT2D eigenvalue weighted by molar-refractivity contribution is 5.51. The molecule has 1 saturated heterocycles. The van der Waals surface area contributed by atoms with E-state index in [1.807, 2.05) is 0 Å². The molecule has 2 rings (SSSR count). The molecular formula is C22H25F2N3O. The van der Waals surface area contributed by atoms with Crippen molar-refractivity contribution in [3.8, 4) is 12.3 Å². The lowest BCUT2D eigenvalue weighted by Gasteiger charge is -2.20. The number of allylic oxidation sites excluding steroid dienone is 3. The van der Waals surface area contributed by atoms with E-state index in [2.05, 4.69) is 27.8 Å². The summed E-state index contributed by atoms with van der Waals surface area (Å²) in [4.78, 5) is 6.13. The number of aliphatic hydroxyl groups is 1. The van der Waals surface area contributed by atoms with E-state index in [1.54, 1.807) is 19.1 Å². The van der Waals surface area contributed by atoms with Crippen LogP contribution in [-0.2, 0) is 6.54 Å². The Kier molecular flexibility index (Phi) is 8.12. The minimum atomic E-state index is -0.530. The number of hydrogen-bond acceptors (Lipinski definition) is 4. The predicted molar refractivity (Wildman–Crippen MR) is 109 cm³/mol. The van der Waals surface area contributed by atoms with Crippen LogP contribution in [0.3, 0.4) is 0 Å². The Labute approximate surface area is 165 Å². The zero-order valence-electron chi connectivity index (χ0n) is 16.0. The fraction of sp³-hybridized carbons (Fsp3) is 0.318. The molecule has 2 N–H and O–H groups in total. The second kappa shape index (κ2) is 10.5. The lowest BCUT2D eigenvalue weighted by molar-refractivity contribution is 0.304. The molecular weight excluding hydrogens is 360 g/mol. The Morgan fingerprint density at radius 1 is 1.46 bits per heavy atom. The third-order valence-corrected chi connectivity index (χ3v) is 4.57. The highest BCUT2D eigenvalue weighted by Gasteiger charge is 2.24. The highest BCUT2D eigenvalue weighted by Crippen LogP contribution is 2.24. The number of halogens is 2. The summed E-state index contributed by atoms with van der Waals surface area (Å²) >= 11 is 0. The third-order valence-electron chi connectivity index (χ3n) is 4.57. The maximum atomic E-state index is 14.2. The van der Waals surface area contributed by atoms with Gasteiger partial charge in [0.05, 0.1) is 18.0 Å². The normalized spacial score (nSPS) is 19.2. The van der Waals surface area contributed by atoms with Gasteiger partial charge in [-0.2, -0.15) is 0 Å². The SMILES string of the molecule is C#C/C=C(C(/N=C)=C(\CO)NC1CCN(Cc2ccc(F)cc2)C1)\C(F)=C/C. The summed E-state index contributed by atoms with van der Waals surface area (Å²) in [6.45, 7) is 6.99. The molecule has 148 valence electrons. The van der Waals surface area contributed by atoms with Gasteiger partial charge in [0.15, 0.2) is 0 Å². The van der Waals surface area contributed by atoms with E-state index in [1.165, 1.54) is 24.3 Å². The minimum absolute atomic E-state index is 0.0556. The third kappa shape index (κ3) is 5.62. The van der Waals surface area contributed by atoms with Crippen molar-refractivity contribution in [2.24, 2.45) is 4.99 Å². The first-order chi connectivity index (χ1) is 13.5. The van der Waals surface area contributed by atoms with Gasteiger partial charge < -0.3 is 10.4 Å². The number of nitrogens with zero attached hydrogens (tertiary/aromatic N) is 2. The molecule has 0 saturated carbocycles. The van der Waals surface area contributed by atoms with Crippen LogP contribution in [0.15, 0.2) is 64.2 Å². The Morgan fingerprint density at radius 3 is 2.75 bits per heavy atom. The van der Waals surface area contributed by atoms with Gasteiger partial charge in [-0.3, -0.25) is 9.89 Å². The average Bonchev–Trinajstić information content (AvgIpc) is 3.14. The summed E-state index contributed by atoms with van der Waals surface area (Å²) in [6.07, 6.45) is 8.70. The first-order valence-corrected chi connectivity index (χ1v) is 9.05. The van der Waals surface area contributed by atoms with Crippen LogP contribution in [0, 0.1) is 18.2 Å². The number of likely N-dealkylation sites (tertiary alicyclic amines) is 1. The molecule has 28 heavy (non-hydrogen) atoms. The molecule has 1 aliphatic rings. The first-order valence-electron chi connectivity index (χ1n) is 9.05. The van der Waals surface area contributed by atoms with Crippen LogP contribution in [0.5, 0.6) is 0 Å². The molecule has 1 aliphatic heterocycles. The zero-order valence-corrected chi connectivity index (χ0v) is 16.0. The molecule has 1 unspecified atom stereocenters. The number of rotatable bonds is 8. The lowest BCUT2D eigenvalue weighted by atomic mass is 10.1. The Bertz CT molecular complexity index is 819. The molecule has 6 heteroatoms. The summed E-state index contributed by atoms with van der Waals surface area (Å²) in [6, 6.07) is 6.49. The van der Waals surface area contributed by atoms with Crippen LogP contribution in [-0.4, -0.2) is 42.5 Å². The zero-order chi connectivity index (χ0) is 20.5. The molecule has 0 spiro atoms. The quantitative estimate of drug-likeness (QED) is 0.410. The summed E-state index contributed by atoms with van der Waals surface area (Å²) in [7, 11) is 0. The molecule has 1 fully saturated rings. The van der Waals surface area contributed by atoms with Crippen LogP contribution in [0.4, 0.5) is 8.78 Å². The number of aliphatic imine (C=N–C) groups is 1. The predicted octanol–water partition coefficient (Wildman–Crippen LogP) is 3.33. The maximum absolute atomic E-state index is 14.2. The van der Waals surface area contributed by atoms with Gasteiger partial charge in [0.25, 0.3) is 0 Å². The molecule has 0 aromatic heterocycles. The minimum Gasteiger partial charge on any atom is -0.390 e. The number of hydrogen-bond donors (Lipinski definition) is 2. The van der Waals surface area contributed by atoms with E-state index in [4.69, 9.17) is 6.42 Å². The van der Waals surface area contributed by atoms with Gasteiger partial charge in [0, 0.05) is 37.3 Å². The van der Waals surface area contributed by atoms with Gasteiger partial charge in [-0.05, 0) is 37.8 Å². The second-order valence-corrected chi connectivity index (χ2v) is 6.50. The second-order valence-electron chi connectivity index (χ2n) is 6.50. The Balaban J connectivity index is 2.12. The lowest BCUT2D eigenvalue weighted by Crippen LogP contribution is -2.33. The molecule has 0 amide bonds. The molecule has 1 aromatic carbocycles. The van der Waals surface area contributed by atoms with Crippen molar-refractivity contribution in [3.63, 3.8) is 0 Å². The molecule has 1 atom stereocenters. The van der Waals surface area contributed by atoms with Crippen LogP contribution in [0.1, 0.15) is 18.9 Å². The number of nitrogens with one attached hydrogen (secondary N) is 1. The van der Waals surface area contributed by atoms with Gasteiger partial charge in [-0.15, -0.1) is 6.42 Å². The number of benzene rings is 1. The van der Waals surface area contributed by atoms with Gasteiger partial charge in [-0.1, -0.05) is 24.1 Å². The van der Waals surface area contributed by atoms with Crippen LogP contribution < -0.4 is 5.32 Å². The molecule has 0 aliphatic carbocycles. The van der Waals surface area contributed by atoms with Crippen molar-refractivity contribution in [3.05, 3.63) is 70.6 Å². The van der Waals surface area contributed by atoms with E-state index >= 15 is 0 Å². The standard InChI is InChI=1S/C22H25F2N3O/c1-4-6-19(20(24)5-2)22(25-3)21(15-28)26-18-11-12-27(14-18)13-16-7-9-17(23)10-8-16/h1,5-10,18,26,28H,3,11-15H2,2H3/b19-6+,20-5+,22-21-. The smallest absolute Gasteiger partial charge is 0.129 e. The largest absolute Gasteiger partial charge is 0.390 e. The van der Waals surface area contributed by atoms with E-state index in [9.17, 15) is 13.9 Å². The molecule has 4 nitrogen and oxygen atoms in total. The molecule has 1 heterocycles. The van der Waals surface area contributed by atoms with E-state index < -0.39 is 5.83 Å². The van der Waals surface area contributed by atoms with Gasteiger partial charge in [0.1, 0.15) is 11.6 Å². The van der Waals surface area contributed by atoms with Crippen LogP contribution in [0.25, 0.3) is 0 Å². The van der Waals surface area contributed by atoms with Crippen molar-refractivity contribution in [2.45, 2.75) is 25.9 Å². The van der Waals surface area contributed by atoms with Crippen molar-refractivity contribution < 1.29 is 13.9 Å². The number of aliphatic hydroxyl groups excluding tert-OH is 1. The van der Waals surface area contributed by atoms with Crippen molar-refractivity contribution in [2.75, 3.05) is 19.7 Å². The van der Waals surface area contributed by atoms with E-state index in [0.29, 0.717) is 12.2 Å². The van der Waals surface area contributed by atoms with Crippen molar-refractivity contribution in [1.82, 2.24) is 10.2 Å². The van der Waals surface area contributed by atoms with E-state index in [0.717, 1.165) is 25.1 Å². The highest BCUT2D eigenvalue weighted by atomic mass is 19.1. The van der Waals surface area contributed by atoms with Gasteiger partial charge in [0.2, 0.25) is 0 Å². The Hall–Kier alpha value is -2.75. The molecule has 0 bridgehead atoms. The average molecular weight is 385 g/mol.